The molecule has 2 rings (SSSR count). The average molecular weight is 298 g/mol. The monoisotopic (exact) mass is 298 g/mol. The Morgan fingerprint density at radius 2 is 2.15 bits per heavy atom. The van der Waals surface area contributed by atoms with Gasteiger partial charge in [0.15, 0.2) is 0 Å². The summed E-state index contributed by atoms with van der Waals surface area (Å²) in [7, 11) is 0.871. The minimum absolute atomic E-state index is 0.0624. The van der Waals surface area contributed by atoms with E-state index in [1.165, 1.54) is 12.1 Å². The van der Waals surface area contributed by atoms with Crippen LogP contribution in [0.25, 0.3) is 0 Å². The second-order valence-electron chi connectivity index (χ2n) is 4.76. The zero-order valence-corrected chi connectivity index (χ0v) is 12.1. The number of nitrogens with one attached hydrogen (secondary N) is 1. The van der Waals surface area contributed by atoms with E-state index in [0.29, 0.717) is 18.3 Å². The van der Waals surface area contributed by atoms with Crippen LogP contribution in [-0.2, 0) is 17.3 Å². The first-order valence-electron chi connectivity index (χ1n) is 6.50. The molecule has 6 nitrogen and oxygen atoms in total. The zero-order valence-electron chi connectivity index (χ0n) is 11.3. The number of hydrogen-bond donors (Lipinski definition) is 1. The standard InChI is InChI=1S/C13H18N2O4S/c1-19-13-3-2-12(15(16)17)8-10(13)9-14-11-4-6-20(18)7-5-11/h2-3,8,11,14H,4-7,9H2,1H3. The Bertz CT molecular complexity index is 511. The highest BCUT2D eigenvalue weighted by molar-refractivity contribution is 7.85. The van der Waals surface area contributed by atoms with Gasteiger partial charge in [0.05, 0.1) is 12.0 Å². The third-order valence-corrected chi connectivity index (χ3v) is 4.83. The summed E-state index contributed by atoms with van der Waals surface area (Å²) < 4.78 is 16.5. The molecule has 1 N–H and O–H groups in total. The molecule has 1 saturated heterocycles. The Morgan fingerprint density at radius 3 is 2.75 bits per heavy atom. The molecule has 110 valence electrons. The molecule has 1 aliphatic heterocycles. The smallest absolute Gasteiger partial charge is 0.270 e. The van der Waals surface area contributed by atoms with Gasteiger partial charge in [-0.25, -0.2) is 0 Å². The van der Waals surface area contributed by atoms with E-state index in [0.717, 1.165) is 29.9 Å². The average Bonchev–Trinajstić information content (AvgIpc) is 2.46. The van der Waals surface area contributed by atoms with Crippen molar-refractivity contribution in [1.82, 2.24) is 5.32 Å². The molecule has 0 atom stereocenters. The fraction of sp³-hybridized carbons (Fsp3) is 0.538. The van der Waals surface area contributed by atoms with Crippen molar-refractivity contribution in [2.45, 2.75) is 25.4 Å². The van der Waals surface area contributed by atoms with E-state index >= 15 is 0 Å². The van der Waals surface area contributed by atoms with Crippen molar-refractivity contribution in [3.05, 3.63) is 33.9 Å². The first-order valence-corrected chi connectivity index (χ1v) is 7.98. The Kier molecular flexibility index (Phi) is 5.08. The van der Waals surface area contributed by atoms with Crippen LogP contribution in [0.5, 0.6) is 5.75 Å². The van der Waals surface area contributed by atoms with Crippen molar-refractivity contribution in [1.29, 1.82) is 0 Å². The maximum absolute atomic E-state index is 11.3. The van der Waals surface area contributed by atoms with Crippen LogP contribution >= 0.6 is 0 Å². The van der Waals surface area contributed by atoms with Crippen LogP contribution in [0, 0.1) is 10.1 Å². The van der Waals surface area contributed by atoms with Gasteiger partial charge in [0.1, 0.15) is 5.75 Å². The van der Waals surface area contributed by atoms with Crippen LogP contribution in [0.15, 0.2) is 18.2 Å². The topological polar surface area (TPSA) is 81.5 Å². The minimum Gasteiger partial charge on any atom is -0.496 e. The van der Waals surface area contributed by atoms with E-state index in [-0.39, 0.29) is 5.69 Å². The lowest BCUT2D eigenvalue weighted by atomic mass is 10.1. The molecular formula is C13H18N2O4S. The molecule has 0 spiro atoms. The number of non-ortho nitro benzene ring substituents is 1. The summed E-state index contributed by atoms with van der Waals surface area (Å²) in [4.78, 5) is 10.4. The fourth-order valence-corrected chi connectivity index (χ4v) is 3.57. The number of methoxy groups -OCH3 is 1. The lowest BCUT2D eigenvalue weighted by Crippen LogP contribution is -2.35. The van der Waals surface area contributed by atoms with E-state index < -0.39 is 15.7 Å². The molecule has 1 aromatic rings. The normalized spacial score (nSPS) is 22.4. The van der Waals surface area contributed by atoms with Gasteiger partial charge in [-0.05, 0) is 18.9 Å². The molecule has 0 radical (unpaired) electrons. The summed E-state index contributed by atoms with van der Waals surface area (Å²) in [6.45, 7) is 0.516. The molecule has 1 fully saturated rings. The number of ether oxygens (including phenoxy) is 1. The first kappa shape index (κ1) is 14.9. The van der Waals surface area contributed by atoms with Gasteiger partial charge in [-0.2, -0.15) is 0 Å². The lowest BCUT2D eigenvalue weighted by molar-refractivity contribution is -0.384. The van der Waals surface area contributed by atoms with Crippen molar-refractivity contribution in [2.24, 2.45) is 0 Å². The number of nitrogens with zero attached hydrogens (tertiary/aromatic N) is 1. The maximum atomic E-state index is 11.3. The van der Waals surface area contributed by atoms with Crippen LogP contribution in [0.3, 0.4) is 0 Å². The summed E-state index contributed by atoms with van der Waals surface area (Å²) in [6.07, 6.45) is 1.76. The molecule has 1 aromatic carbocycles. The number of nitro groups is 1. The van der Waals surface area contributed by atoms with E-state index in [1.54, 1.807) is 13.2 Å². The zero-order chi connectivity index (χ0) is 14.5. The Labute approximate surface area is 120 Å². The SMILES string of the molecule is COc1ccc([N+](=O)[O-])cc1CNC1CCS(=O)CC1. The minimum atomic E-state index is -0.679. The van der Waals surface area contributed by atoms with Crippen molar-refractivity contribution in [2.75, 3.05) is 18.6 Å². The summed E-state index contributed by atoms with van der Waals surface area (Å²) in [5.41, 5.74) is 0.834. The molecule has 1 heterocycles. The molecule has 0 aromatic heterocycles. The molecule has 0 aliphatic carbocycles. The second kappa shape index (κ2) is 6.81. The molecular weight excluding hydrogens is 280 g/mol. The third-order valence-electron chi connectivity index (χ3n) is 3.44. The van der Waals surface area contributed by atoms with E-state index in [2.05, 4.69) is 5.32 Å². The Morgan fingerprint density at radius 1 is 1.45 bits per heavy atom. The van der Waals surface area contributed by atoms with Gasteiger partial charge in [-0.3, -0.25) is 14.3 Å². The highest BCUT2D eigenvalue weighted by Gasteiger charge is 2.18. The predicted molar refractivity (Wildman–Crippen MR) is 77.4 cm³/mol. The van der Waals surface area contributed by atoms with Crippen LogP contribution in [0.2, 0.25) is 0 Å². The molecule has 7 heteroatoms. The van der Waals surface area contributed by atoms with Gasteiger partial charge in [0, 0.05) is 52.6 Å². The highest BCUT2D eigenvalue weighted by atomic mass is 32.2. The third kappa shape index (κ3) is 3.77. The van der Waals surface area contributed by atoms with Gasteiger partial charge in [-0.15, -0.1) is 0 Å². The molecule has 20 heavy (non-hydrogen) atoms. The molecule has 1 aliphatic rings. The van der Waals surface area contributed by atoms with Gasteiger partial charge in [0.2, 0.25) is 0 Å². The molecule has 0 saturated carbocycles. The van der Waals surface area contributed by atoms with Crippen LogP contribution in [0.4, 0.5) is 5.69 Å². The number of nitro benzene ring substituents is 1. The fourth-order valence-electron chi connectivity index (χ4n) is 2.27. The molecule has 0 amide bonds. The predicted octanol–water partition coefficient (Wildman–Crippen LogP) is 1.60. The summed E-state index contributed by atoms with van der Waals surface area (Å²) in [6, 6.07) is 4.90. The number of rotatable bonds is 5. The second-order valence-corrected chi connectivity index (χ2v) is 6.45. The van der Waals surface area contributed by atoms with Gasteiger partial charge < -0.3 is 10.1 Å². The Hall–Kier alpha value is -1.47. The quantitative estimate of drug-likeness (QED) is 0.659. The number of hydrogen-bond acceptors (Lipinski definition) is 5. The van der Waals surface area contributed by atoms with Gasteiger partial charge >= 0.3 is 0 Å². The van der Waals surface area contributed by atoms with Crippen LogP contribution in [0.1, 0.15) is 18.4 Å². The van der Waals surface area contributed by atoms with Crippen LogP contribution < -0.4 is 10.1 Å². The first-order chi connectivity index (χ1) is 9.60. The summed E-state index contributed by atoms with van der Waals surface area (Å²) >= 11 is 0. The largest absolute Gasteiger partial charge is 0.496 e. The van der Waals surface area contributed by atoms with Gasteiger partial charge in [-0.1, -0.05) is 0 Å². The molecule has 0 bridgehead atoms. The Balaban J connectivity index is 2.02. The van der Waals surface area contributed by atoms with E-state index in [1.807, 2.05) is 0 Å². The van der Waals surface area contributed by atoms with Gasteiger partial charge in [0.25, 0.3) is 5.69 Å². The molecule has 0 unspecified atom stereocenters. The van der Waals surface area contributed by atoms with Crippen molar-refractivity contribution in [3.8, 4) is 5.75 Å². The number of benzene rings is 1. The van der Waals surface area contributed by atoms with Crippen molar-refractivity contribution in [3.63, 3.8) is 0 Å². The lowest BCUT2D eigenvalue weighted by Gasteiger charge is -2.23. The maximum Gasteiger partial charge on any atom is 0.270 e. The highest BCUT2D eigenvalue weighted by Crippen LogP contribution is 2.24. The van der Waals surface area contributed by atoms with E-state index in [9.17, 15) is 14.3 Å². The van der Waals surface area contributed by atoms with Crippen molar-refractivity contribution < 1.29 is 13.9 Å². The summed E-state index contributed by atoms with van der Waals surface area (Å²) in [5, 5.41) is 14.2. The van der Waals surface area contributed by atoms with Crippen molar-refractivity contribution >= 4 is 16.5 Å². The summed E-state index contributed by atoms with van der Waals surface area (Å²) in [5.74, 6) is 2.09. The van der Waals surface area contributed by atoms with Crippen LogP contribution in [-0.4, -0.2) is 33.8 Å². The van der Waals surface area contributed by atoms with E-state index in [4.69, 9.17) is 4.74 Å².